The minimum Gasteiger partial charge on any atom is -0.463 e. The summed E-state index contributed by atoms with van der Waals surface area (Å²) in [7, 11) is 3.63. The molecule has 5 heterocycles. The summed E-state index contributed by atoms with van der Waals surface area (Å²) < 4.78 is 24.0. The van der Waals surface area contributed by atoms with Crippen molar-refractivity contribution in [3.63, 3.8) is 0 Å². The van der Waals surface area contributed by atoms with Gasteiger partial charge in [-0.25, -0.2) is 4.39 Å². The van der Waals surface area contributed by atoms with Crippen molar-refractivity contribution in [3.8, 4) is 6.01 Å². The molecule has 2 atom stereocenters. The Bertz CT molecular complexity index is 1130. The lowest BCUT2D eigenvalue weighted by molar-refractivity contribution is 0.107. The molecule has 2 aliphatic heterocycles. The molecule has 0 bridgehead atoms. The molecule has 29 heavy (non-hydrogen) atoms. The molecule has 3 aromatic rings. The van der Waals surface area contributed by atoms with Gasteiger partial charge in [-0.2, -0.15) is 10.1 Å². The van der Waals surface area contributed by atoms with Gasteiger partial charge in [-0.05, 0) is 35.3 Å². The third-order valence-corrected chi connectivity index (χ3v) is 6.52. The molecule has 12 heteroatoms. The summed E-state index contributed by atoms with van der Waals surface area (Å²) in [5.74, 6) is 0. The second kappa shape index (κ2) is 7.72. The largest absolute Gasteiger partial charge is 0.463 e. The Hall–Kier alpha value is -1.36. The zero-order valence-corrected chi connectivity index (χ0v) is 19.2. The van der Waals surface area contributed by atoms with E-state index in [1.807, 2.05) is 11.6 Å². The lowest BCUT2D eigenvalue weighted by atomic mass is 9.95. The molecule has 0 unspecified atom stereocenters. The van der Waals surface area contributed by atoms with Crippen LogP contribution in [0.1, 0.15) is 19.3 Å². The zero-order chi connectivity index (χ0) is 18.9. The Morgan fingerprint density at radius 3 is 2.86 bits per heavy atom. The molecular weight excluding hydrogens is 490 g/mol. The zero-order valence-electron chi connectivity index (χ0n) is 15.9. The van der Waals surface area contributed by atoms with Gasteiger partial charge in [0, 0.05) is 27.1 Å². The highest BCUT2D eigenvalue weighted by Gasteiger charge is 2.49. The fourth-order valence-corrected chi connectivity index (χ4v) is 5.47. The average molecular weight is 512 g/mol. The molecule has 8 nitrogen and oxygen atoms in total. The maximum atomic E-state index is 13.9. The third kappa shape index (κ3) is 3.24. The molecule has 160 valence electrons. The number of rotatable bonds is 3. The summed E-state index contributed by atoms with van der Waals surface area (Å²) in [5, 5.41) is 4.79. The summed E-state index contributed by atoms with van der Waals surface area (Å²) in [5.41, 5.74) is 1.51. The molecule has 5 rings (SSSR count). The second-order valence-electron chi connectivity index (χ2n) is 7.60. The Kier molecular flexibility index (Phi) is 5.94. The lowest BCUT2D eigenvalue weighted by Gasteiger charge is -2.30. The maximum absolute atomic E-state index is 13.9. The van der Waals surface area contributed by atoms with Gasteiger partial charge in [0.05, 0.1) is 5.54 Å². The van der Waals surface area contributed by atoms with Gasteiger partial charge < -0.3 is 9.30 Å². The molecule has 0 aromatic carbocycles. The molecule has 0 amide bonds. The predicted molar refractivity (Wildman–Crippen MR) is 116 cm³/mol. The van der Waals surface area contributed by atoms with Crippen molar-refractivity contribution >= 4 is 62.8 Å². The highest BCUT2D eigenvalue weighted by atomic mass is 79.9. The number of halogens is 4. The number of nitrogens with one attached hydrogen (secondary N) is 1. The molecule has 2 fully saturated rings. The van der Waals surface area contributed by atoms with Crippen LogP contribution < -0.4 is 10.3 Å². The number of fused-ring (bicyclic) bond motifs is 4. The van der Waals surface area contributed by atoms with Crippen molar-refractivity contribution < 1.29 is 9.13 Å². The minimum absolute atomic E-state index is 0. The van der Waals surface area contributed by atoms with E-state index in [1.54, 1.807) is 11.7 Å². The average Bonchev–Trinajstić information content (AvgIpc) is 3.28. The first-order valence-electron chi connectivity index (χ1n) is 9.02. The van der Waals surface area contributed by atoms with Crippen LogP contribution in [0.25, 0.3) is 22.1 Å². The van der Waals surface area contributed by atoms with Crippen molar-refractivity contribution in [1.29, 1.82) is 0 Å². The van der Waals surface area contributed by atoms with E-state index in [-0.39, 0.29) is 41.9 Å². The van der Waals surface area contributed by atoms with E-state index in [4.69, 9.17) is 4.74 Å². The highest BCUT2D eigenvalue weighted by molar-refractivity contribution is 9.10. The standard InChI is InChI=1S/C17H20BrFN6O2.2ClH/c1-23-12-11(24(2)22-13(12)18)10-14(23)20-16(21-15(10)26)27-8-17-4-3-5-25(17)7-9(19)6-17;;/h9H,3-8H2,1-2H3,(H,20,21,26);2*1H/t9-,17+;;/m1../s1. The van der Waals surface area contributed by atoms with Crippen LogP contribution >= 0.6 is 40.7 Å². The van der Waals surface area contributed by atoms with Gasteiger partial charge in [-0.15, -0.1) is 24.8 Å². The maximum Gasteiger partial charge on any atom is 0.298 e. The van der Waals surface area contributed by atoms with Crippen LogP contribution in [0.5, 0.6) is 6.01 Å². The van der Waals surface area contributed by atoms with E-state index in [0.29, 0.717) is 35.2 Å². The molecular formula is C17H22BrCl2FN6O2. The van der Waals surface area contributed by atoms with Crippen LogP contribution in [0.4, 0.5) is 4.39 Å². The summed E-state index contributed by atoms with van der Waals surface area (Å²) in [6.45, 7) is 1.70. The molecule has 0 aliphatic carbocycles. The number of aromatic nitrogens is 5. The summed E-state index contributed by atoms with van der Waals surface area (Å²) in [6.07, 6.45) is 1.62. The Balaban J connectivity index is 0.00000120. The predicted octanol–water partition coefficient (Wildman–Crippen LogP) is 2.71. The van der Waals surface area contributed by atoms with Crippen LogP contribution in [-0.2, 0) is 14.1 Å². The van der Waals surface area contributed by atoms with Gasteiger partial charge in [-0.1, -0.05) is 0 Å². The summed E-state index contributed by atoms with van der Waals surface area (Å²) in [6, 6.07) is 0.172. The monoisotopic (exact) mass is 510 g/mol. The topological polar surface area (TPSA) is 81.0 Å². The number of ether oxygens (including phenoxy) is 1. The van der Waals surface area contributed by atoms with Gasteiger partial charge in [0.25, 0.3) is 11.6 Å². The van der Waals surface area contributed by atoms with Crippen molar-refractivity contribution in [1.82, 2.24) is 29.2 Å². The lowest BCUT2D eigenvalue weighted by Crippen LogP contribution is -2.43. The van der Waals surface area contributed by atoms with Gasteiger partial charge in [-0.3, -0.25) is 19.4 Å². The highest BCUT2D eigenvalue weighted by Crippen LogP contribution is 2.40. The number of alkyl halides is 1. The van der Waals surface area contributed by atoms with Crippen LogP contribution in [0.15, 0.2) is 9.40 Å². The van der Waals surface area contributed by atoms with E-state index in [9.17, 15) is 9.18 Å². The van der Waals surface area contributed by atoms with Gasteiger partial charge in [0.2, 0.25) is 0 Å². The van der Waals surface area contributed by atoms with E-state index in [0.717, 1.165) is 30.4 Å². The fourth-order valence-electron chi connectivity index (χ4n) is 4.78. The van der Waals surface area contributed by atoms with Crippen molar-refractivity contribution in [2.24, 2.45) is 14.1 Å². The quantitative estimate of drug-likeness (QED) is 0.584. The Morgan fingerprint density at radius 2 is 2.10 bits per heavy atom. The normalized spacial score (nSPS) is 23.9. The molecule has 2 aliphatic rings. The second-order valence-corrected chi connectivity index (χ2v) is 8.36. The first-order chi connectivity index (χ1) is 12.9. The fraction of sp³-hybridized carbons (Fsp3) is 0.588. The van der Waals surface area contributed by atoms with E-state index in [2.05, 4.69) is 35.9 Å². The number of hydrogen-bond acceptors (Lipinski definition) is 5. The molecule has 1 N–H and O–H groups in total. The van der Waals surface area contributed by atoms with Crippen LogP contribution in [-0.4, -0.2) is 60.6 Å². The minimum atomic E-state index is -0.814. The van der Waals surface area contributed by atoms with E-state index < -0.39 is 6.17 Å². The number of H-pyrrole nitrogens is 1. The smallest absolute Gasteiger partial charge is 0.298 e. The number of aromatic amines is 1. The Labute approximate surface area is 186 Å². The van der Waals surface area contributed by atoms with Gasteiger partial charge in [0.1, 0.15) is 29.2 Å². The molecule has 0 saturated carbocycles. The number of nitrogens with zero attached hydrogens (tertiary/aromatic N) is 5. The Morgan fingerprint density at radius 1 is 1.34 bits per heavy atom. The van der Waals surface area contributed by atoms with E-state index >= 15 is 0 Å². The third-order valence-electron chi connectivity index (χ3n) is 5.99. The number of aryl methyl sites for hydroxylation is 2. The molecule has 2 saturated heterocycles. The van der Waals surface area contributed by atoms with E-state index in [1.165, 1.54) is 0 Å². The first kappa shape index (κ1) is 22.3. The van der Waals surface area contributed by atoms with Crippen molar-refractivity contribution in [2.45, 2.75) is 31.0 Å². The van der Waals surface area contributed by atoms with Crippen LogP contribution in [0.3, 0.4) is 0 Å². The SMILES string of the molecule is Cl.Cl.Cn1nc(Br)c2c1c1c(=O)[nH]c(OC[C@@]34CCCN3C[C@H](F)C4)nc1n2C. The van der Waals surface area contributed by atoms with Crippen LogP contribution in [0.2, 0.25) is 0 Å². The molecule has 0 radical (unpaired) electrons. The molecule has 0 spiro atoms. The van der Waals surface area contributed by atoms with Crippen LogP contribution in [0, 0.1) is 0 Å². The van der Waals surface area contributed by atoms with Gasteiger partial charge in [0.15, 0.2) is 10.3 Å². The summed E-state index contributed by atoms with van der Waals surface area (Å²) in [4.78, 5) is 22.2. The van der Waals surface area contributed by atoms with Crippen molar-refractivity contribution in [3.05, 3.63) is 15.0 Å². The van der Waals surface area contributed by atoms with Gasteiger partial charge >= 0.3 is 0 Å². The summed E-state index contributed by atoms with van der Waals surface area (Å²) >= 11 is 3.44. The first-order valence-corrected chi connectivity index (χ1v) is 9.82. The van der Waals surface area contributed by atoms with Crippen molar-refractivity contribution in [2.75, 3.05) is 19.7 Å². The number of hydrogen-bond donors (Lipinski definition) is 1. The molecule has 3 aromatic heterocycles.